The Morgan fingerprint density at radius 2 is 2.06 bits per heavy atom. The van der Waals surface area contributed by atoms with Gasteiger partial charge < -0.3 is 5.32 Å². The Morgan fingerprint density at radius 1 is 1.31 bits per heavy atom. The summed E-state index contributed by atoms with van der Waals surface area (Å²) in [5.41, 5.74) is 1.18. The van der Waals surface area contributed by atoms with Crippen LogP contribution in [0, 0.1) is 0 Å². The van der Waals surface area contributed by atoms with Gasteiger partial charge in [-0.25, -0.2) is 4.98 Å². The van der Waals surface area contributed by atoms with E-state index in [1.54, 1.807) is 11.3 Å². The van der Waals surface area contributed by atoms with E-state index in [-0.39, 0.29) is 0 Å². The van der Waals surface area contributed by atoms with Crippen molar-refractivity contribution < 1.29 is 0 Å². The number of benzene rings is 1. The van der Waals surface area contributed by atoms with Crippen LogP contribution in [0.1, 0.15) is 4.88 Å². The van der Waals surface area contributed by atoms with E-state index in [2.05, 4.69) is 38.4 Å². The van der Waals surface area contributed by atoms with E-state index in [1.165, 1.54) is 10.4 Å². The van der Waals surface area contributed by atoms with Crippen LogP contribution in [-0.4, -0.2) is 18.6 Å². The highest BCUT2D eigenvalue weighted by molar-refractivity contribution is 9.10. The number of hydrogen-bond acceptors (Lipinski definition) is 3. The Morgan fingerprint density at radius 3 is 2.75 bits per heavy atom. The molecular weight excluding hydrogens is 284 g/mol. The van der Waals surface area contributed by atoms with Crippen molar-refractivity contribution >= 4 is 27.3 Å². The first-order valence-electron chi connectivity index (χ1n) is 5.16. The maximum Gasteiger partial charge on any atom is 0.124 e. The first-order chi connectivity index (χ1) is 7.81. The van der Waals surface area contributed by atoms with Crippen molar-refractivity contribution in [3.05, 3.63) is 39.8 Å². The fourth-order valence-electron chi connectivity index (χ4n) is 1.43. The highest BCUT2D eigenvalue weighted by Crippen LogP contribution is 2.31. The number of nitrogens with zero attached hydrogens (tertiary/aromatic N) is 1. The topological polar surface area (TPSA) is 24.9 Å². The van der Waals surface area contributed by atoms with E-state index in [0.29, 0.717) is 0 Å². The maximum absolute atomic E-state index is 4.54. The lowest BCUT2D eigenvalue weighted by Crippen LogP contribution is -2.09. The summed E-state index contributed by atoms with van der Waals surface area (Å²) in [6, 6.07) is 10.3. The molecule has 2 rings (SSSR count). The molecule has 0 bridgehead atoms. The van der Waals surface area contributed by atoms with E-state index in [4.69, 9.17) is 0 Å². The second-order valence-electron chi connectivity index (χ2n) is 3.45. The van der Waals surface area contributed by atoms with Crippen molar-refractivity contribution in [3.63, 3.8) is 0 Å². The predicted octanol–water partition coefficient (Wildman–Crippen LogP) is 3.33. The Kier molecular flexibility index (Phi) is 4.09. The number of thiazole rings is 1. The van der Waals surface area contributed by atoms with Crippen LogP contribution in [0.4, 0.5) is 0 Å². The smallest absolute Gasteiger partial charge is 0.124 e. The molecule has 84 valence electrons. The average Bonchev–Trinajstić information content (AvgIpc) is 2.69. The number of likely N-dealkylation sites (N-methyl/N-ethyl adjacent to an activating group) is 1. The molecule has 0 aliphatic carbocycles. The number of halogens is 1. The third kappa shape index (κ3) is 2.70. The van der Waals surface area contributed by atoms with Crippen LogP contribution < -0.4 is 5.32 Å². The Bertz CT molecular complexity index is 453. The minimum atomic E-state index is 0.978. The summed E-state index contributed by atoms with van der Waals surface area (Å²) in [5, 5.41) is 4.23. The summed E-state index contributed by atoms with van der Waals surface area (Å²) in [5.74, 6) is 0. The molecule has 1 aromatic carbocycles. The molecule has 1 aromatic heterocycles. The van der Waals surface area contributed by atoms with Crippen LogP contribution in [0.15, 0.2) is 34.9 Å². The van der Waals surface area contributed by atoms with Crippen molar-refractivity contribution in [2.24, 2.45) is 0 Å². The molecular formula is C12H13BrN2S. The summed E-state index contributed by atoms with van der Waals surface area (Å²) < 4.78 is 0.978. The van der Waals surface area contributed by atoms with Gasteiger partial charge in [0, 0.05) is 10.4 Å². The molecule has 16 heavy (non-hydrogen) atoms. The molecule has 4 heteroatoms. The molecule has 0 amide bonds. The Balaban J connectivity index is 2.24. The zero-order valence-corrected chi connectivity index (χ0v) is 11.4. The van der Waals surface area contributed by atoms with Crippen LogP contribution in [-0.2, 0) is 6.42 Å². The van der Waals surface area contributed by atoms with Crippen molar-refractivity contribution in [1.29, 1.82) is 0 Å². The molecule has 0 fully saturated rings. The molecule has 2 aromatic rings. The summed E-state index contributed by atoms with van der Waals surface area (Å²) in [4.78, 5) is 5.84. The first kappa shape index (κ1) is 11.8. The lowest BCUT2D eigenvalue weighted by Gasteiger charge is -1.95. The van der Waals surface area contributed by atoms with Gasteiger partial charge in [0.25, 0.3) is 0 Å². The van der Waals surface area contributed by atoms with Gasteiger partial charge in [-0.3, -0.25) is 0 Å². The maximum atomic E-state index is 4.54. The molecule has 2 nitrogen and oxygen atoms in total. The first-order valence-corrected chi connectivity index (χ1v) is 6.77. The second kappa shape index (κ2) is 5.57. The van der Waals surface area contributed by atoms with Gasteiger partial charge >= 0.3 is 0 Å². The van der Waals surface area contributed by atoms with E-state index in [0.717, 1.165) is 22.6 Å². The quantitative estimate of drug-likeness (QED) is 0.936. The van der Waals surface area contributed by atoms with Crippen LogP contribution in [0.5, 0.6) is 0 Å². The van der Waals surface area contributed by atoms with Crippen LogP contribution in [0.2, 0.25) is 0 Å². The third-order valence-electron chi connectivity index (χ3n) is 2.27. The van der Waals surface area contributed by atoms with Gasteiger partial charge in [0.05, 0.1) is 0 Å². The molecule has 1 N–H and O–H groups in total. The lowest BCUT2D eigenvalue weighted by molar-refractivity contribution is 0.796. The van der Waals surface area contributed by atoms with Gasteiger partial charge in [-0.1, -0.05) is 30.3 Å². The van der Waals surface area contributed by atoms with Gasteiger partial charge in [-0.2, -0.15) is 0 Å². The molecule has 0 radical (unpaired) electrons. The minimum Gasteiger partial charge on any atom is -0.319 e. The summed E-state index contributed by atoms with van der Waals surface area (Å²) >= 11 is 5.27. The Hall–Kier alpha value is -0.710. The number of hydrogen-bond donors (Lipinski definition) is 1. The second-order valence-corrected chi connectivity index (χ2v) is 5.29. The predicted molar refractivity (Wildman–Crippen MR) is 72.9 cm³/mol. The lowest BCUT2D eigenvalue weighted by atomic mass is 10.2. The van der Waals surface area contributed by atoms with Crippen LogP contribution in [0.25, 0.3) is 10.6 Å². The minimum absolute atomic E-state index is 0.978. The molecule has 0 atom stereocenters. The normalized spacial score (nSPS) is 10.6. The Labute approximate surface area is 108 Å². The molecule has 0 unspecified atom stereocenters. The van der Waals surface area contributed by atoms with Crippen LogP contribution >= 0.6 is 27.3 Å². The van der Waals surface area contributed by atoms with Gasteiger partial charge in [0.2, 0.25) is 0 Å². The van der Waals surface area contributed by atoms with Crippen molar-refractivity contribution in [2.75, 3.05) is 13.6 Å². The fourth-order valence-corrected chi connectivity index (χ4v) is 3.12. The number of rotatable bonds is 4. The highest BCUT2D eigenvalue weighted by atomic mass is 79.9. The molecule has 0 aliphatic heterocycles. The summed E-state index contributed by atoms with van der Waals surface area (Å²) in [7, 11) is 1.97. The van der Waals surface area contributed by atoms with E-state index in [9.17, 15) is 0 Å². The molecule has 0 spiro atoms. The van der Waals surface area contributed by atoms with Crippen molar-refractivity contribution in [2.45, 2.75) is 6.42 Å². The van der Waals surface area contributed by atoms with Crippen molar-refractivity contribution in [1.82, 2.24) is 10.3 Å². The third-order valence-corrected chi connectivity index (χ3v) is 4.36. The molecule has 0 saturated heterocycles. The average molecular weight is 297 g/mol. The monoisotopic (exact) mass is 296 g/mol. The van der Waals surface area contributed by atoms with Crippen LogP contribution in [0.3, 0.4) is 0 Å². The standard InChI is InChI=1S/C12H13BrN2S/c1-14-8-7-10-11(13)15-12(16-10)9-5-3-2-4-6-9/h2-6,14H,7-8H2,1H3. The molecule has 1 heterocycles. The van der Waals surface area contributed by atoms with E-state index < -0.39 is 0 Å². The van der Waals surface area contributed by atoms with Gasteiger partial charge in [-0.15, -0.1) is 11.3 Å². The summed E-state index contributed by atoms with van der Waals surface area (Å²) in [6.07, 6.45) is 1.02. The van der Waals surface area contributed by atoms with Gasteiger partial charge in [0.1, 0.15) is 9.61 Å². The zero-order chi connectivity index (χ0) is 11.4. The summed E-state index contributed by atoms with van der Waals surface area (Å²) in [6.45, 7) is 0.981. The SMILES string of the molecule is CNCCc1sc(-c2ccccc2)nc1Br. The van der Waals surface area contributed by atoms with Gasteiger partial charge in [-0.05, 0) is 35.9 Å². The molecule has 0 saturated carbocycles. The van der Waals surface area contributed by atoms with E-state index >= 15 is 0 Å². The highest BCUT2D eigenvalue weighted by Gasteiger charge is 2.09. The largest absolute Gasteiger partial charge is 0.319 e. The molecule has 0 aliphatic rings. The van der Waals surface area contributed by atoms with Gasteiger partial charge in [0.15, 0.2) is 0 Å². The number of nitrogens with one attached hydrogen (secondary N) is 1. The number of aromatic nitrogens is 1. The van der Waals surface area contributed by atoms with Crippen molar-refractivity contribution in [3.8, 4) is 10.6 Å². The fraction of sp³-hybridized carbons (Fsp3) is 0.250. The van der Waals surface area contributed by atoms with E-state index in [1.807, 2.05) is 25.2 Å². The zero-order valence-electron chi connectivity index (χ0n) is 9.03.